The van der Waals surface area contributed by atoms with Crippen LogP contribution in [0.2, 0.25) is 5.02 Å². The number of aromatic amines is 1. The summed E-state index contributed by atoms with van der Waals surface area (Å²) >= 11 is 5.96. The molecule has 1 aliphatic rings. The van der Waals surface area contributed by atoms with Gasteiger partial charge in [0.1, 0.15) is 0 Å². The molecule has 0 aliphatic carbocycles. The molecule has 0 radical (unpaired) electrons. The van der Waals surface area contributed by atoms with Gasteiger partial charge in [-0.15, -0.1) is 0 Å². The van der Waals surface area contributed by atoms with E-state index in [9.17, 15) is 9.59 Å². The van der Waals surface area contributed by atoms with E-state index in [0.29, 0.717) is 34.9 Å². The van der Waals surface area contributed by atoms with Gasteiger partial charge in [0.25, 0.3) is 0 Å². The molecule has 1 aliphatic heterocycles. The first-order chi connectivity index (χ1) is 13.6. The number of benzene rings is 2. The van der Waals surface area contributed by atoms with E-state index in [4.69, 9.17) is 11.6 Å². The molecule has 0 spiro atoms. The highest BCUT2D eigenvalue weighted by Crippen LogP contribution is 2.22. The summed E-state index contributed by atoms with van der Waals surface area (Å²) < 4.78 is 1.23. The second kappa shape index (κ2) is 8.33. The Kier molecular flexibility index (Phi) is 5.64. The van der Waals surface area contributed by atoms with Crippen LogP contribution < -0.4 is 5.69 Å². The summed E-state index contributed by atoms with van der Waals surface area (Å²) in [6.07, 6.45) is 3.75. The molecule has 1 aromatic heterocycles. The monoisotopic (exact) mass is 397 g/mol. The number of nitrogens with zero attached hydrogens (tertiary/aromatic N) is 2. The van der Waals surface area contributed by atoms with Crippen LogP contribution in [-0.2, 0) is 6.42 Å². The summed E-state index contributed by atoms with van der Waals surface area (Å²) in [7, 11) is 0. The van der Waals surface area contributed by atoms with Gasteiger partial charge in [-0.25, -0.2) is 9.36 Å². The Bertz CT molecular complexity index is 1020. The van der Waals surface area contributed by atoms with Crippen molar-refractivity contribution in [1.29, 1.82) is 0 Å². The molecule has 1 saturated heterocycles. The van der Waals surface area contributed by atoms with Crippen LogP contribution in [0.15, 0.2) is 53.3 Å². The first kappa shape index (κ1) is 19.0. The minimum absolute atomic E-state index is 0.176. The lowest BCUT2D eigenvalue weighted by Gasteiger charge is -2.31. The maximum atomic E-state index is 12.7. The topological polar surface area (TPSA) is 58.1 Å². The Morgan fingerprint density at radius 2 is 1.86 bits per heavy atom. The van der Waals surface area contributed by atoms with Gasteiger partial charge >= 0.3 is 5.69 Å². The number of carbonyl (C=O) groups is 1. The molecule has 1 N–H and O–H groups in total. The summed E-state index contributed by atoms with van der Waals surface area (Å²) in [5.41, 5.74) is 2.17. The van der Waals surface area contributed by atoms with E-state index >= 15 is 0 Å². The van der Waals surface area contributed by atoms with E-state index in [1.54, 1.807) is 18.2 Å². The number of rotatable bonds is 5. The number of piperidine rings is 1. The van der Waals surface area contributed by atoms with E-state index in [1.165, 1.54) is 10.1 Å². The molecule has 5 nitrogen and oxygen atoms in total. The van der Waals surface area contributed by atoms with E-state index < -0.39 is 5.69 Å². The molecule has 28 heavy (non-hydrogen) atoms. The highest BCUT2D eigenvalue weighted by molar-refractivity contribution is 6.31. The number of carbonyl (C=O) groups excluding carboxylic acids is 1. The molecule has 146 valence electrons. The summed E-state index contributed by atoms with van der Waals surface area (Å²) in [5, 5.41) is 0.534. The lowest BCUT2D eigenvalue weighted by atomic mass is 9.90. The van der Waals surface area contributed by atoms with Crippen molar-refractivity contribution in [2.75, 3.05) is 19.6 Å². The molecule has 0 amide bonds. The van der Waals surface area contributed by atoms with Crippen molar-refractivity contribution in [2.24, 2.45) is 5.92 Å². The fourth-order valence-electron chi connectivity index (χ4n) is 4.06. The molecule has 0 atom stereocenters. The number of imidazole rings is 1. The van der Waals surface area contributed by atoms with Gasteiger partial charge in [0.15, 0.2) is 0 Å². The van der Waals surface area contributed by atoms with Gasteiger partial charge in [0, 0.05) is 18.0 Å². The quantitative estimate of drug-likeness (QED) is 0.708. The number of H-pyrrole nitrogens is 1. The molecule has 0 bridgehead atoms. The van der Waals surface area contributed by atoms with Crippen LogP contribution in [-0.4, -0.2) is 40.0 Å². The van der Waals surface area contributed by atoms with Crippen molar-refractivity contribution in [3.63, 3.8) is 0 Å². The third-order valence-corrected chi connectivity index (χ3v) is 5.84. The smallest absolute Gasteiger partial charge is 0.305 e. The zero-order valence-electron chi connectivity index (χ0n) is 15.7. The normalized spacial score (nSPS) is 15.9. The van der Waals surface area contributed by atoms with Crippen LogP contribution >= 0.6 is 11.6 Å². The van der Waals surface area contributed by atoms with Gasteiger partial charge in [0.2, 0.25) is 5.91 Å². The fraction of sp³-hybridized carbons (Fsp3) is 0.364. The van der Waals surface area contributed by atoms with Crippen LogP contribution in [0.25, 0.3) is 11.0 Å². The van der Waals surface area contributed by atoms with Gasteiger partial charge in [0.05, 0.1) is 11.0 Å². The standard InChI is InChI=1S/C22H24ClN3O2/c23-18-6-7-20-19(15-18)24-22(28)26(20)21(27)10-13-25-11-8-17(9-12-25)14-16-4-2-1-3-5-16/h1-7,15,17H,8-14H2,(H,24,28). The lowest BCUT2D eigenvalue weighted by Crippen LogP contribution is -2.37. The van der Waals surface area contributed by atoms with Gasteiger partial charge in [-0.1, -0.05) is 41.9 Å². The maximum absolute atomic E-state index is 12.7. The molecule has 0 unspecified atom stereocenters. The van der Waals surface area contributed by atoms with Crippen molar-refractivity contribution in [2.45, 2.75) is 25.7 Å². The van der Waals surface area contributed by atoms with Crippen LogP contribution in [0.5, 0.6) is 0 Å². The minimum atomic E-state index is -0.399. The van der Waals surface area contributed by atoms with E-state index in [0.717, 1.165) is 32.4 Å². The van der Waals surface area contributed by atoms with Gasteiger partial charge in [-0.3, -0.25) is 4.79 Å². The Morgan fingerprint density at radius 3 is 2.61 bits per heavy atom. The molecular weight excluding hydrogens is 374 g/mol. The second-order valence-electron chi connectivity index (χ2n) is 7.55. The Labute approximate surface area is 168 Å². The first-order valence-electron chi connectivity index (χ1n) is 9.80. The van der Waals surface area contributed by atoms with Crippen LogP contribution in [0.1, 0.15) is 29.6 Å². The van der Waals surface area contributed by atoms with Crippen molar-refractivity contribution in [1.82, 2.24) is 14.5 Å². The number of nitrogens with one attached hydrogen (secondary N) is 1. The van der Waals surface area contributed by atoms with Gasteiger partial charge in [-0.05, 0) is 62.0 Å². The van der Waals surface area contributed by atoms with Crippen molar-refractivity contribution in [3.8, 4) is 0 Å². The molecule has 6 heteroatoms. The third-order valence-electron chi connectivity index (χ3n) is 5.61. The van der Waals surface area contributed by atoms with Crippen molar-refractivity contribution >= 4 is 28.5 Å². The third kappa shape index (κ3) is 4.21. The van der Waals surface area contributed by atoms with E-state index in [1.807, 2.05) is 0 Å². The van der Waals surface area contributed by atoms with Gasteiger partial charge < -0.3 is 9.88 Å². The molecule has 2 aromatic carbocycles. The predicted octanol–water partition coefficient (Wildman–Crippen LogP) is 3.97. The molecule has 0 saturated carbocycles. The number of likely N-dealkylation sites (tertiary alicyclic amines) is 1. The molecule has 3 aromatic rings. The van der Waals surface area contributed by atoms with E-state index in [2.05, 4.69) is 40.2 Å². The summed E-state index contributed by atoms with van der Waals surface area (Å²) in [6, 6.07) is 15.7. The highest BCUT2D eigenvalue weighted by Gasteiger charge is 2.21. The maximum Gasteiger partial charge on any atom is 0.333 e. The SMILES string of the molecule is O=C(CCN1CCC(Cc2ccccc2)CC1)n1c(=O)[nH]c2cc(Cl)ccc21. The lowest BCUT2D eigenvalue weighted by molar-refractivity contribution is 0.0872. The molecule has 2 heterocycles. The molecule has 4 rings (SSSR count). The minimum Gasteiger partial charge on any atom is -0.305 e. The average Bonchev–Trinajstić information content (AvgIpc) is 3.03. The van der Waals surface area contributed by atoms with E-state index in [-0.39, 0.29) is 5.91 Å². The number of hydrogen-bond donors (Lipinski definition) is 1. The first-order valence-corrected chi connectivity index (χ1v) is 10.2. The second-order valence-corrected chi connectivity index (χ2v) is 7.98. The molecular formula is C22H24ClN3O2. The predicted molar refractivity (Wildman–Crippen MR) is 112 cm³/mol. The van der Waals surface area contributed by atoms with Crippen LogP contribution in [0, 0.1) is 5.92 Å². The van der Waals surface area contributed by atoms with Crippen molar-refractivity contribution < 1.29 is 4.79 Å². The zero-order valence-corrected chi connectivity index (χ0v) is 16.5. The largest absolute Gasteiger partial charge is 0.333 e. The number of aromatic nitrogens is 2. The molecule has 1 fully saturated rings. The Hall–Kier alpha value is -2.37. The van der Waals surface area contributed by atoms with Crippen LogP contribution in [0.3, 0.4) is 0 Å². The van der Waals surface area contributed by atoms with Crippen LogP contribution in [0.4, 0.5) is 0 Å². The van der Waals surface area contributed by atoms with Crippen molar-refractivity contribution in [3.05, 3.63) is 69.6 Å². The summed E-state index contributed by atoms with van der Waals surface area (Å²) in [6.45, 7) is 2.69. The number of hydrogen-bond acceptors (Lipinski definition) is 3. The fourth-order valence-corrected chi connectivity index (χ4v) is 4.23. The number of fused-ring (bicyclic) bond motifs is 1. The number of halogens is 1. The summed E-state index contributed by atoms with van der Waals surface area (Å²) in [4.78, 5) is 29.9. The average molecular weight is 398 g/mol. The Morgan fingerprint density at radius 1 is 1.11 bits per heavy atom. The Balaban J connectivity index is 1.31. The van der Waals surface area contributed by atoms with Gasteiger partial charge in [-0.2, -0.15) is 0 Å². The highest BCUT2D eigenvalue weighted by atomic mass is 35.5. The summed E-state index contributed by atoms with van der Waals surface area (Å²) in [5.74, 6) is 0.528. The zero-order chi connectivity index (χ0) is 19.5.